The predicted molar refractivity (Wildman–Crippen MR) is 58.5 cm³/mol. The minimum Gasteiger partial charge on any atom is -0.477 e. The number of carboxylic acids is 1. The number of carbonyl (C=O) groups is 1. The summed E-state index contributed by atoms with van der Waals surface area (Å²) in [4.78, 5) is 15.1. The average molecular weight is 221 g/mol. The number of aromatic nitrogens is 1. The number of hydrogen-bond acceptors (Lipinski definition) is 3. The van der Waals surface area contributed by atoms with E-state index in [1.54, 1.807) is 6.92 Å². The summed E-state index contributed by atoms with van der Waals surface area (Å²) < 4.78 is 0. The van der Waals surface area contributed by atoms with Crippen LogP contribution in [0.25, 0.3) is 0 Å². The molecule has 2 rings (SSSR count). The van der Waals surface area contributed by atoms with Crippen molar-refractivity contribution in [1.82, 2.24) is 4.98 Å². The molecule has 0 bridgehead atoms. The van der Waals surface area contributed by atoms with Crippen LogP contribution in [0.1, 0.15) is 53.2 Å². The highest BCUT2D eigenvalue weighted by atomic mass is 16.4. The van der Waals surface area contributed by atoms with Crippen LogP contribution in [0.15, 0.2) is 6.07 Å². The summed E-state index contributed by atoms with van der Waals surface area (Å²) in [6.07, 6.45) is 3.20. The van der Waals surface area contributed by atoms with Crippen molar-refractivity contribution in [1.29, 1.82) is 0 Å². The molecule has 0 radical (unpaired) electrons. The number of pyridine rings is 1. The monoisotopic (exact) mass is 221 g/mol. The van der Waals surface area contributed by atoms with Crippen LogP contribution < -0.4 is 0 Å². The van der Waals surface area contributed by atoms with E-state index in [1.165, 1.54) is 6.07 Å². The quantitative estimate of drug-likeness (QED) is 0.797. The van der Waals surface area contributed by atoms with Crippen molar-refractivity contribution < 1.29 is 15.0 Å². The van der Waals surface area contributed by atoms with E-state index in [2.05, 4.69) is 4.98 Å². The van der Waals surface area contributed by atoms with Gasteiger partial charge in [-0.3, -0.25) is 0 Å². The van der Waals surface area contributed by atoms with Crippen molar-refractivity contribution in [2.75, 3.05) is 0 Å². The van der Waals surface area contributed by atoms with Crippen LogP contribution in [0.4, 0.5) is 0 Å². The van der Waals surface area contributed by atoms with Gasteiger partial charge >= 0.3 is 5.97 Å². The molecule has 1 aliphatic rings. The number of aromatic carboxylic acids is 1. The van der Waals surface area contributed by atoms with Crippen LogP contribution in [0, 0.1) is 0 Å². The van der Waals surface area contributed by atoms with Crippen molar-refractivity contribution >= 4 is 5.97 Å². The van der Waals surface area contributed by atoms with Crippen LogP contribution in [-0.4, -0.2) is 21.2 Å². The summed E-state index contributed by atoms with van der Waals surface area (Å²) in [6, 6.07) is 1.50. The molecule has 0 saturated carbocycles. The van der Waals surface area contributed by atoms with Gasteiger partial charge in [0, 0.05) is 5.69 Å². The fraction of sp³-hybridized carbons (Fsp3) is 0.500. The molecule has 1 unspecified atom stereocenters. The SMILES string of the molecule is CC(O)c1cc(C(=O)O)nc2c1CCCC2. The zero-order valence-electron chi connectivity index (χ0n) is 9.23. The molecule has 2 N–H and O–H groups in total. The predicted octanol–water partition coefficient (Wildman–Crippen LogP) is 1.71. The van der Waals surface area contributed by atoms with Crippen molar-refractivity contribution in [3.05, 3.63) is 28.6 Å². The lowest BCUT2D eigenvalue weighted by molar-refractivity contribution is 0.0689. The van der Waals surface area contributed by atoms with E-state index in [0.717, 1.165) is 42.5 Å². The number of carboxylic acid groups (broad SMARTS) is 1. The smallest absolute Gasteiger partial charge is 0.354 e. The van der Waals surface area contributed by atoms with Gasteiger partial charge < -0.3 is 10.2 Å². The number of aliphatic hydroxyl groups is 1. The Bertz CT molecular complexity index is 427. The minimum atomic E-state index is -1.03. The molecule has 1 aromatic rings. The number of rotatable bonds is 2. The number of aryl methyl sites for hydroxylation is 1. The van der Waals surface area contributed by atoms with Gasteiger partial charge in [-0.2, -0.15) is 0 Å². The highest BCUT2D eigenvalue weighted by Crippen LogP contribution is 2.27. The lowest BCUT2D eigenvalue weighted by Gasteiger charge is -2.20. The highest BCUT2D eigenvalue weighted by molar-refractivity contribution is 5.85. The van der Waals surface area contributed by atoms with Crippen molar-refractivity contribution in [2.45, 2.75) is 38.7 Å². The van der Waals surface area contributed by atoms with Crippen molar-refractivity contribution in [3.63, 3.8) is 0 Å². The van der Waals surface area contributed by atoms with Crippen LogP contribution in [0.3, 0.4) is 0 Å². The second-order valence-electron chi connectivity index (χ2n) is 4.21. The molecule has 86 valence electrons. The summed E-state index contributed by atoms with van der Waals surface area (Å²) in [5, 5.41) is 18.6. The molecule has 1 heterocycles. The maximum atomic E-state index is 10.9. The van der Waals surface area contributed by atoms with E-state index < -0.39 is 12.1 Å². The molecule has 16 heavy (non-hydrogen) atoms. The first-order chi connectivity index (χ1) is 7.59. The van der Waals surface area contributed by atoms with Gasteiger partial charge in [0.15, 0.2) is 0 Å². The average Bonchev–Trinajstić information content (AvgIpc) is 2.27. The molecular weight excluding hydrogens is 206 g/mol. The Labute approximate surface area is 93.9 Å². The van der Waals surface area contributed by atoms with Crippen molar-refractivity contribution in [3.8, 4) is 0 Å². The number of fused-ring (bicyclic) bond motifs is 1. The lowest BCUT2D eigenvalue weighted by Crippen LogP contribution is -2.14. The lowest BCUT2D eigenvalue weighted by atomic mass is 9.90. The topological polar surface area (TPSA) is 70.4 Å². The first-order valence-corrected chi connectivity index (χ1v) is 5.53. The van der Waals surface area contributed by atoms with Gasteiger partial charge in [0.1, 0.15) is 5.69 Å². The van der Waals surface area contributed by atoms with Gasteiger partial charge in [-0.1, -0.05) is 0 Å². The maximum absolute atomic E-state index is 10.9. The zero-order valence-corrected chi connectivity index (χ0v) is 9.23. The van der Waals surface area contributed by atoms with Crippen molar-refractivity contribution in [2.24, 2.45) is 0 Å². The standard InChI is InChI=1S/C12H15NO3/c1-7(14)9-6-11(12(15)16)13-10-5-3-2-4-8(9)10/h6-7,14H,2-5H2,1H3,(H,15,16). The maximum Gasteiger partial charge on any atom is 0.354 e. The number of nitrogens with zero attached hydrogens (tertiary/aromatic N) is 1. The summed E-state index contributed by atoms with van der Waals surface area (Å²) in [6.45, 7) is 1.66. The summed E-state index contributed by atoms with van der Waals surface area (Å²) in [5.74, 6) is -1.03. The van der Waals surface area contributed by atoms with E-state index in [4.69, 9.17) is 5.11 Å². The highest BCUT2D eigenvalue weighted by Gasteiger charge is 2.20. The molecule has 4 heteroatoms. The van der Waals surface area contributed by atoms with E-state index in [0.29, 0.717) is 0 Å². The van der Waals surface area contributed by atoms with E-state index in [9.17, 15) is 9.90 Å². The largest absolute Gasteiger partial charge is 0.477 e. The van der Waals surface area contributed by atoms with Crippen LogP contribution in [-0.2, 0) is 12.8 Å². The molecule has 0 saturated heterocycles. The molecule has 0 aromatic carbocycles. The fourth-order valence-electron chi connectivity index (χ4n) is 2.22. The Hall–Kier alpha value is -1.42. The van der Waals surface area contributed by atoms with Crippen LogP contribution in [0.2, 0.25) is 0 Å². The number of hydrogen-bond donors (Lipinski definition) is 2. The third-order valence-electron chi connectivity index (χ3n) is 3.00. The second-order valence-corrected chi connectivity index (χ2v) is 4.21. The fourth-order valence-corrected chi connectivity index (χ4v) is 2.22. The second kappa shape index (κ2) is 4.22. The normalized spacial score (nSPS) is 16.6. The third kappa shape index (κ3) is 1.93. The van der Waals surface area contributed by atoms with Crippen LogP contribution >= 0.6 is 0 Å². The first kappa shape index (κ1) is 11.1. The molecule has 0 spiro atoms. The Balaban J connectivity index is 2.56. The van der Waals surface area contributed by atoms with E-state index in [-0.39, 0.29) is 5.69 Å². The summed E-state index contributed by atoms with van der Waals surface area (Å²) in [5.41, 5.74) is 2.66. The molecule has 4 nitrogen and oxygen atoms in total. The van der Waals surface area contributed by atoms with Crippen LogP contribution in [0.5, 0.6) is 0 Å². The van der Waals surface area contributed by atoms with Gasteiger partial charge in [-0.15, -0.1) is 0 Å². The third-order valence-corrected chi connectivity index (χ3v) is 3.00. The van der Waals surface area contributed by atoms with Gasteiger partial charge in [0.05, 0.1) is 6.10 Å². The van der Waals surface area contributed by atoms with Gasteiger partial charge in [-0.05, 0) is 49.8 Å². The Kier molecular flexibility index (Phi) is 2.92. The zero-order chi connectivity index (χ0) is 11.7. The van der Waals surface area contributed by atoms with E-state index in [1.807, 2.05) is 0 Å². The molecule has 1 aliphatic carbocycles. The first-order valence-electron chi connectivity index (χ1n) is 5.53. The molecule has 0 fully saturated rings. The van der Waals surface area contributed by atoms with Gasteiger partial charge in [-0.25, -0.2) is 9.78 Å². The molecule has 1 atom stereocenters. The van der Waals surface area contributed by atoms with Gasteiger partial charge in [0.2, 0.25) is 0 Å². The molecule has 0 aliphatic heterocycles. The Morgan fingerprint density at radius 3 is 2.75 bits per heavy atom. The Morgan fingerprint density at radius 1 is 1.44 bits per heavy atom. The summed E-state index contributed by atoms with van der Waals surface area (Å²) in [7, 11) is 0. The minimum absolute atomic E-state index is 0.0385. The molecular formula is C12H15NO3. The number of aliphatic hydroxyl groups excluding tert-OH is 1. The van der Waals surface area contributed by atoms with E-state index >= 15 is 0 Å². The summed E-state index contributed by atoms with van der Waals surface area (Å²) >= 11 is 0. The van der Waals surface area contributed by atoms with Gasteiger partial charge in [0.25, 0.3) is 0 Å². The molecule has 0 amide bonds. The molecule has 1 aromatic heterocycles. The Morgan fingerprint density at radius 2 is 2.12 bits per heavy atom.